The van der Waals surface area contributed by atoms with Gasteiger partial charge >= 0.3 is 0 Å². The quantitative estimate of drug-likeness (QED) is 0.862. The molecule has 0 radical (unpaired) electrons. The first-order valence-electron chi connectivity index (χ1n) is 5.88. The van der Waals surface area contributed by atoms with Crippen LogP contribution in [0.25, 0.3) is 0 Å². The second kappa shape index (κ2) is 5.61. The molecule has 1 atom stereocenters. The van der Waals surface area contributed by atoms with Crippen molar-refractivity contribution in [2.45, 2.75) is 18.9 Å². The molecule has 2 aromatic carbocycles. The van der Waals surface area contributed by atoms with Crippen molar-refractivity contribution >= 4 is 27.5 Å². The number of rotatable bonds is 3. The number of halogens is 3. The minimum Gasteiger partial charge on any atom is -0.321 e. The van der Waals surface area contributed by atoms with Gasteiger partial charge in [0.05, 0.1) is 0 Å². The lowest BCUT2D eigenvalue weighted by Gasteiger charge is -2.26. The Morgan fingerprint density at radius 3 is 2.63 bits per heavy atom. The van der Waals surface area contributed by atoms with E-state index in [1.165, 1.54) is 6.07 Å². The Kier molecular flexibility index (Phi) is 4.29. The van der Waals surface area contributed by atoms with Gasteiger partial charge in [-0.3, -0.25) is 0 Å². The van der Waals surface area contributed by atoms with Crippen LogP contribution in [0.2, 0.25) is 5.02 Å². The molecule has 0 aromatic heterocycles. The van der Waals surface area contributed by atoms with E-state index in [0.717, 1.165) is 10.0 Å². The van der Waals surface area contributed by atoms with Crippen molar-refractivity contribution in [3.8, 4) is 0 Å². The van der Waals surface area contributed by atoms with Crippen molar-refractivity contribution in [1.82, 2.24) is 0 Å². The van der Waals surface area contributed by atoms with Crippen molar-refractivity contribution < 1.29 is 4.39 Å². The maximum atomic E-state index is 13.8. The minimum atomic E-state index is -0.722. The zero-order valence-corrected chi connectivity index (χ0v) is 12.8. The van der Waals surface area contributed by atoms with Gasteiger partial charge < -0.3 is 5.73 Å². The maximum Gasteiger partial charge on any atom is 0.126 e. The van der Waals surface area contributed by atoms with E-state index >= 15 is 0 Å². The van der Waals surface area contributed by atoms with E-state index in [2.05, 4.69) is 15.9 Å². The van der Waals surface area contributed by atoms with Crippen molar-refractivity contribution in [3.63, 3.8) is 0 Å². The summed E-state index contributed by atoms with van der Waals surface area (Å²) < 4.78 is 14.6. The highest BCUT2D eigenvalue weighted by Crippen LogP contribution is 2.30. The Balaban J connectivity index is 2.36. The van der Waals surface area contributed by atoms with Gasteiger partial charge in [-0.25, -0.2) is 4.39 Å². The van der Waals surface area contributed by atoms with Crippen LogP contribution in [-0.2, 0) is 12.0 Å². The molecule has 0 amide bonds. The summed E-state index contributed by atoms with van der Waals surface area (Å²) in [5.41, 5.74) is 6.99. The SMILES string of the molecule is CC(N)(Cc1cc(Br)ccc1F)c1ccccc1Cl. The second-order valence-electron chi connectivity index (χ2n) is 4.81. The molecule has 2 aromatic rings. The third kappa shape index (κ3) is 3.35. The molecule has 0 fully saturated rings. The molecule has 0 spiro atoms. The molecule has 2 N–H and O–H groups in total. The average molecular weight is 343 g/mol. The van der Waals surface area contributed by atoms with Gasteiger partial charge in [-0.1, -0.05) is 45.7 Å². The summed E-state index contributed by atoms with van der Waals surface area (Å²) in [6.45, 7) is 1.86. The molecule has 0 saturated heterocycles. The normalized spacial score (nSPS) is 14.2. The largest absolute Gasteiger partial charge is 0.321 e. The molecule has 0 aliphatic carbocycles. The first-order chi connectivity index (χ1) is 8.90. The van der Waals surface area contributed by atoms with Gasteiger partial charge in [0, 0.05) is 15.0 Å². The predicted octanol–water partition coefficient (Wildman–Crippen LogP) is 4.66. The van der Waals surface area contributed by atoms with Crippen molar-refractivity contribution in [3.05, 3.63) is 68.9 Å². The Morgan fingerprint density at radius 1 is 1.26 bits per heavy atom. The van der Waals surface area contributed by atoms with E-state index in [1.54, 1.807) is 18.2 Å². The van der Waals surface area contributed by atoms with Crippen LogP contribution in [0.5, 0.6) is 0 Å². The van der Waals surface area contributed by atoms with Crippen LogP contribution >= 0.6 is 27.5 Å². The summed E-state index contributed by atoms with van der Waals surface area (Å²) in [4.78, 5) is 0. The van der Waals surface area contributed by atoms with Gasteiger partial charge in [-0.2, -0.15) is 0 Å². The highest BCUT2D eigenvalue weighted by atomic mass is 79.9. The fraction of sp³-hybridized carbons (Fsp3) is 0.200. The van der Waals surface area contributed by atoms with Crippen LogP contribution in [-0.4, -0.2) is 0 Å². The van der Waals surface area contributed by atoms with E-state index < -0.39 is 5.54 Å². The molecule has 0 saturated carbocycles. The fourth-order valence-corrected chi connectivity index (χ4v) is 2.85. The first-order valence-corrected chi connectivity index (χ1v) is 7.05. The molecular formula is C15H14BrClFN. The highest BCUT2D eigenvalue weighted by molar-refractivity contribution is 9.10. The highest BCUT2D eigenvalue weighted by Gasteiger charge is 2.25. The monoisotopic (exact) mass is 341 g/mol. The van der Waals surface area contributed by atoms with Gasteiger partial charge in [-0.15, -0.1) is 0 Å². The van der Waals surface area contributed by atoms with Gasteiger partial charge in [0.1, 0.15) is 5.82 Å². The molecule has 0 aliphatic rings. The molecule has 2 rings (SSSR count). The Labute approximate surface area is 125 Å². The third-order valence-electron chi connectivity index (χ3n) is 3.05. The van der Waals surface area contributed by atoms with Crippen LogP contribution < -0.4 is 5.73 Å². The van der Waals surface area contributed by atoms with Gasteiger partial charge in [0.2, 0.25) is 0 Å². The summed E-state index contributed by atoms with van der Waals surface area (Å²) >= 11 is 9.50. The molecule has 4 heteroatoms. The standard InChI is InChI=1S/C15H14BrClFN/c1-15(19,12-4-2-3-5-13(12)17)9-10-8-11(16)6-7-14(10)18/h2-8H,9,19H2,1H3. The van der Waals surface area contributed by atoms with Crippen molar-refractivity contribution in [2.75, 3.05) is 0 Å². The van der Waals surface area contributed by atoms with Crippen molar-refractivity contribution in [2.24, 2.45) is 5.73 Å². The number of benzene rings is 2. The lowest BCUT2D eigenvalue weighted by molar-refractivity contribution is 0.475. The minimum absolute atomic E-state index is 0.257. The molecule has 1 unspecified atom stereocenters. The topological polar surface area (TPSA) is 26.0 Å². The Bertz CT molecular complexity index is 598. The molecule has 100 valence electrons. The zero-order chi connectivity index (χ0) is 14.0. The summed E-state index contributed by atoms with van der Waals surface area (Å²) in [5, 5.41) is 0.600. The number of hydrogen-bond donors (Lipinski definition) is 1. The lowest BCUT2D eigenvalue weighted by atomic mass is 9.86. The summed E-state index contributed by atoms with van der Waals surface area (Å²) in [7, 11) is 0. The molecular weight excluding hydrogens is 329 g/mol. The number of nitrogens with two attached hydrogens (primary N) is 1. The smallest absolute Gasteiger partial charge is 0.126 e. The lowest BCUT2D eigenvalue weighted by Crippen LogP contribution is -2.36. The van der Waals surface area contributed by atoms with Crippen LogP contribution in [0.1, 0.15) is 18.1 Å². The molecule has 0 bridgehead atoms. The molecule has 0 heterocycles. The van der Waals surface area contributed by atoms with E-state index in [1.807, 2.05) is 25.1 Å². The maximum absolute atomic E-state index is 13.8. The number of hydrogen-bond acceptors (Lipinski definition) is 1. The predicted molar refractivity (Wildman–Crippen MR) is 80.8 cm³/mol. The van der Waals surface area contributed by atoms with Crippen molar-refractivity contribution in [1.29, 1.82) is 0 Å². The summed E-state index contributed by atoms with van der Waals surface area (Å²) in [5.74, 6) is -0.257. The Hall–Kier alpha value is -0.900. The van der Waals surface area contributed by atoms with E-state index in [-0.39, 0.29) is 5.82 Å². The van der Waals surface area contributed by atoms with E-state index in [0.29, 0.717) is 17.0 Å². The van der Waals surface area contributed by atoms with Crippen LogP contribution in [0.3, 0.4) is 0 Å². The van der Waals surface area contributed by atoms with Gasteiger partial charge in [-0.05, 0) is 48.7 Å². The molecule has 19 heavy (non-hydrogen) atoms. The van der Waals surface area contributed by atoms with Crippen LogP contribution in [0, 0.1) is 5.82 Å². The second-order valence-corrected chi connectivity index (χ2v) is 6.13. The molecule has 1 nitrogen and oxygen atoms in total. The fourth-order valence-electron chi connectivity index (χ4n) is 2.09. The Morgan fingerprint density at radius 2 is 1.95 bits per heavy atom. The third-order valence-corrected chi connectivity index (χ3v) is 3.88. The van der Waals surface area contributed by atoms with Crippen LogP contribution in [0.4, 0.5) is 4.39 Å². The van der Waals surface area contributed by atoms with Gasteiger partial charge in [0.25, 0.3) is 0 Å². The van der Waals surface area contributed by atoms with E-state index in [4.69, 9.17) is 17.3 Å². The summed E-state index contributed by atoms with van der Waals surface area (Å²) in [6.07, 6.45) is 0.377. The van der Waals surface area contributed by atoms with Crippen LogP contribution in [0.15, 0.2) is 46.9 Å². The van der Waals surface area contributed by atoms with Gasteiger partial charge in [0.15, 0.2) is 0 Å². The molecule has 0 aliphatic heterocycles. The average Bonchev–Trinajstić information content (AvgIpc) is 2.34. The summed E-state index contributed by atoms with van der Waals surface area (Å²) in [6, 6.07) is 12.2. The zero-order valence-electron chi connectivity index (χ0n) is 10.5. The van der Waals surface area contributed by atoms with E-state index in [9.17, 15) is 4.39 Å². The first kappa shape index (κ1) is 14.5.